The molecular formula is C24H24N4O4S. The Balaban J connectivity index is 1.64. The highest BCUT2D eigenvalue weighted by Gasteiger charge is 2.24. The van der Waals surface area contributed by atoms with Gasteiger partial charge in [0.05, 0.1) is 10.6 Å². The van der Waals surface area contributed by atoms with Gasteiger partial charge >= 0.3 is 5.69 Å². The minimum atomic E-state index is -0.612. The molecule has 33 heavy (non-hydrogen) atoms. The van der Waals surface area contributed by atoms with Crippen molar-refractivity contribution in [3.05, 3.63) is 90.7 Å². The van der Waals surface area contributed by atoms with Gasteiger partial charge in [-0.3, -0.25) is 14.9 Å². The number of nitro groups is 1. The van der Waals surface area contributed by atoms with E-state index in [9.17, 15) is 20.0 Å². The number of nitrogens with one attached hydrogen (secondary N) is 2. The van der Waals surface area contributed by atoms with Crippen molar-refractivity contribution in [1.82, 2.24) is 9.97 Å². The summed E-state index contributed by atoms with van der Waals surface area (Å²) < 4.78 is 0. The highest BCUT2D eigenvalue weighted by molar-refractivity contribution is 7.15. The van der Waals surface area contributed by atoms with E-state index in [2.05, 4.69) is 31.1 Å². The van der Waals surface area contributed by atoms with Gasteiger partial charge in [-0.05, 0) is 17.5 Å². The van der Waals surface area contributed by atoms with Gasteiger partial charge in [0.2, 0.25) is 0 Å². The van der Waals surface area contributed by atoms with Crippen molar-refractivity contribution in [3.63, 3.8) is 0 Å². The molecule has 0 bridgehead atoms. The van der Waals surface area contributed by atoms with Gasteiger partial charge in [0.25, 0.3) is 5.56 Å². The smallest absolute Gasteiger partial charge is 0.311 e. The molecule has 0 spiro atoms. The van der Waals surface area contributed by atoms with Crippen LogP contribution >= 0.6 is 11.3 Å². The zero-order valence-electron chi connectivity index (χ0n) is 18.5. The molecule has 0 saturated carbocycles. The molecule has 4 rings (SSSR count). The largest absolute Gasteiger partial charge is 0.502 e. The maximum atomic E-state index is 12.7. The second-order valence-electron chi connectivity index (χ2n) is 8.82. The Morgan fingerprint density at radius 2 is 1.91 bits per heavy atom. The van der Waals surface area contributed by atoms with Gasteiger partial charge in [-0.25, -0.2) is 4.98 Å². The minimum absolute atomic E-state index is 0.127. The number of fused-ring (bicyclic) bond motifs is 1. The first-order valence-electron chi connectivity index (χ1n) is 10.4. The van der Waals surface area contributed by atoms with Crippen molar-refractivity contribution in [2.45, 2.75) is 39.2 Å². The van der Waals surface area contributed by atoms with Crippen LogP contribution in [0.1, 0.15) is 42.5 Å². The van der Waals surface area contributed by atoms with Crippen molar-refractivity contribution in [1.29, 1.82) is 0 Å². The van der Waals surface area contributed by atoms with Crippen LogP contribution in [0.5, 0.6) is 5.75 Å². The van der Waals surface area contributed by atoms with Gasteiger partial charge in [-0.2, -0.15) is 0 Å². The molecule has 8 nitrogen and oxygen atoms in total. The number of phenolic OH excluding ortho intramolecular Hbond substituents is 1. The first-order valence-corrected chi connectivity index (χ1v) is 11.3. The molecule has 0 fully saturated rings. The summed E-state index contributed by atoms with van der Waals surface area (Å²) in [5.41, 5.74) is 2.03. The molecule has 0 radical (unpaired) electrons. The number of anilines is 1. The van der Waals surface area contributed by atoms with E-state index in [0.29, 0.717) is 22.7 Å². The fraction of sp³-hybridized carbons (Fsp3) is 0.250. The molecular weight excluding hydrogens is 440 g/mol. The van der Waals surface area contributed by atoms with E-state index in [1.165, 1.54) is 23.5 Å². The van der Waals surface area contributed by atoms with Crippen LogP contribution in [-0.2, 0) is 18.4 Å². The summed E-state index contributed by atoms with van der Waals surface area (Å²) in [6.07, 6.45) is 0.439. The standard InChI is InChI=1S/C24H24N4O4S/c1-24(2,3)21-19(12-16-11-14-7-4-5-9-17(14)26-22(16)30)33-23(27-21)25-13-15-8-6-10-18(20(15)29)28(31)32/h4-11,29H,12-13H2,1-3H3,(H,25,27)(H,26,30). The van der Waals surface area contributed by atoms with Crippen LogP contribution in [0.2, 0.25) is 0 Å². The molecule has 2 heterocycles. The number of hydrogen-bond donors (Lipinski definition) is 3. The normalized spacial score (nSPS) is 11.6. The first-order chi connectivity index (χ1) is 15.6. The monoisotopic (exact) mass is 464 g/mol. The number of para-hydroxylation sites is 2. The molecule has 0 aliphatic carbocycles. The van der Waals surface area contributed by atoms with Gasteiger partial charge < -0.3 is 15.4 Å². The summed E-state index contributed by atoms with van der Waals surface area (Å²) in [6, 6.07) is 14.0. The van der Waals surface area contributed by atoms with Crippen LogP contribution in [0.3, 0.4) is 0 Å². The number of aromatic hydroxyl groups is 1. The Morgan fingerprint density at radius 3 is 2.64 bits per heavy atom. The zero-order chi connectivity index (χ0) is 23.8. The molecule has 170 valence electrons. The number of H-pyrrole nitrogens is 1. The summed E-state index contributed by atoms with van der Waals surface area (Å²) in [5, 5.41) is 26.0. The number of benzene rings is 2. The quantitative estimate of drug-likeness (QED) is 0.270. The summed E-state index contributed by atoms with van der Waals surface area (Å²) in [6.45, 7) is 6.37. The summed E-state index contributed by atoms with van der Waals surface area (Å²) >= 11 is 1.44. The lowest BCUT2D eigenvalue weighted by molar-refractivity contribution is -0.385. The van der Waals surface area contributed by atoms with E-state index < -0.39 is 4.92 Å². The van der Waals surface area contributed by atoms with Crippen molar-refractivity contribution in [2.75, 3.05) is 5.32 Å². The topological polar surface area (TPSA) is 121 Å². The molecule has 0 aliphatic rings. The number of phenols is 1. The van der Waals surface area contributed by atoms with Crippen LogP contribution < -0.4 is 10.9 Å². The summed E-state index contributed by atoms with van der Waals surface area (Å²) in [4.78, 5) is 31.8. The highest BCUT2D eigenvalue weighted by Crippen LogP contribution is 2.35. The average molecular weight is 465 g/mol. The minimum Gasteiger partial charge on any atom is -0.502 e. The van der Waals surface area contributed by atoms with Gasteiger partial charge in [-0.1, -0.05) is 51.1 Å². The third-order valence-electron chi connectivity index (χ3n) is 5.31. The van der Waals surface area contributed by atoms with Gasteiger partial charge in [0.15, 0.2) is 10.9 Å². The number of thiazole rings is 1. The van der Waals surface area contributed by atoms with E-state index in [-0.39, 0.29) is 29.0 Å². The second-order valence-corrected chi connectivity index (χ2v) is 9.91. The lowest BCUT2D eigenvalue weighted by atomic mass is 9.90. The van der Waals surface area contributed by atoms with E-state index in [1.807, 2.05) is 30.3 Å². The summed E-state index contributed by atoms with van der Waals surface area (Å²) in [5.74, 6) is -0.356. The Morgan fingerprint density at radius 1 is 1.15 bits per heavy atom. The molecule has 9 heteroatoms. The van der Waals surface area contributed by atoms with Gasteiger partial charge in [0, 0.05) is 46.0 Å². The highest BCUT2D eigenvalue weighted by atomic mass is 32.1. The molecule has 2 aromatic carbocycles. The Hall–Kier alpha value is -3.72. The number of hydrogen-bond acceptors (Lipinski definition) is 7. The van der Waals surface area contributed by atoms with E-state index >= 15 is 0 Å². The van der Waals surface area contributed by atoms with Crippen molar-refractivity contribution in [3.8, 4) is 5.75 Å². The van der Waals surface area contributed by atoms with Crippen LogP contribution in [0.4, 0.5) is 10.8 Å². The lowest BCUT2D eigenvalue weighted by Crippen LogP contribution is -2.17. The second kappa shape index (κ2) is 8.67. The zero-order valence-corrected chi connectivity index (χ0v) is 19.3. The van der Waals surface area contributed by atoms with E-state index in [4.69, 9.17) is 4.98 Å². The Bertz CT molecular complexity index is 1400. The summed E-state index contributed by atoms with van der Waals surface area (Å²) in [7, 11) is 0. The van der Waals surface area contributed by atoms with E-state index in [1.54, 1.807) is 6.07 Å². The van der Waals surface area contributed by atoms with Crippen LogP contribution in [0.15, 0.2) is 53.3 Å². The molecule has 3 N–H and O–H groups in total. The van der Waals surface area contributed by atoms with E-state index in [0.717, 1.165) is 21.5 Å². The first kappa shape index (κ1) is 22.5. The molecule has 0 atom stereocenters. The maximum Gasteiger partial charge on any atom is 0.311 e. The SMILES string of the molecule is CC(C)(C)c1nc(NCc2cccc([N+](=O)[O-])c2O)sc1Cc1cc2ccccc2[nH]c1=O. The Labute approximate surface area is 194 Å². The third kappa shape index (κ3) is 4.73. The molecule has 0 saturated heterocycles. The third-order valence-corrected chi connectivity index (χ3v) is 6.33. The van der Waals surface area contributed by atoms with Crippen molar-refractivity contribution < 1.29 is 10.0 Å². The fourth-order valence-corrected chi connectivity index (χ4v) is 4.86. The predicted molar refractivity (Wildman–Crippen MR) is 130 cm³/mol. The van der Waals surface area contributed by atoms with Crippen LogP contribution in [0.25, 0.3) is 10.9 Å². The van der Waals surface area contributed by atoms with Crippen molar-refractivity contribution in [2.24, 2.45) is 0 Å². The number of nitrogens with zero attached hydrogens (tertiary/aromatic N) is 2. The fourth-order valence-electron chi connectivity index (χ4n) is 3.67. The average Bonchev–Trinajstić information content (AvgIpc) is 3.16. The van der Waals surface area contributed by atoms with Crippen LogP contribution in [-0.4, -0.2) is 20.0 Å². The number of nitro benzene ring substituents is 1. The van der Waals surface area contributed by atoms with Gasteiger partial charge in [-0.15, -0.1) is 11.3 Å². The molecule has 2 aromatic heterocycles. The van der Waals surface area contributed by atoms with Crippen molar-refractivity contribution >= 4 is 33.1 Å². The van der Waals surface area contributed by atoms with Crippen LogP contribution in [0, 0.1) is 10.1 Å². The molecule has 0 aliphatic heterocycles. The lowest BCUT2D eigenvalue weighted by Gasteiger charge is -2.17. The molecule has 0 unspecified atom stereocenters. The van der Waals surface area contributed by atoms with Gasteiger partial charge in [0.1, 0.15) is 0 Å². The Kier molecular flexibility index (Phi) is 5.90. The molecule has 0 amide bonds. The molecule has 4 aromatic rings. The predicted octanol–water partition coefficient (Wildman–Crippen LogP) is 5.10. The number of aromatic nitrogens is 2. The number of aromatic amines is 1. The number of rotatable bonds is 6. The maximum absolute atomic E-state index is 12.7. The number of pyridine rings is 1.